The molecular formula is C27H49NO4. The number of ether oxygens (including phenoxy) is 3. The molecule has 32 heavy (non-hydrogen) atoms. The predicted molar refractivity (Wildman–Crippen MR) is 133 cm³/mol. The van der Waals surface area contributed by atoms with Gasteiger partial charge in [-0.3, -0.25) is 9.69 Å². The Morgan fingerprint density at radius 1 is 0.906 bits per heavy atom. The average molecular weight is 452 g/mol. The van der Waals surface area contributed by atoms with Crippen LogP contribution in [0.2, 0.25) is 0 Å². The van der Waals surface area contributed by atoms with E-state index in [4.69, 9.17) is 14.2 Å². The molecule has 186 valence electrons. The molecule has 0 aliphatic carbocycles. The third-order valence-corrected chi connectivity index (χ3v) is 5.59. The van der Waals surface area contributed by atoms with Gasteiger partial charge in [-0.15, -0.1) is 0 Å². The molecule has 0 bridgehead atoms. The summed E-state index contributed by atoms with van der Waals surface area (Å²) in [5, 5.41) is 0. The molecule has 0 aromatic heterocycles. The van der Waals surface area contributed by atoms with Gasteiger partial charge in [0, 0.05) is 13.0 Å². The number of carbonyl (C=O) groups is 1. The SMILES string of the molecule is CCCCC/C=C\C/C=C\CCCCCCCCOC1CCC(COC(=O)CN(C)C)O1. The quantitative estimate of drug-likeness (QED) is 0.121. The summed E-state index contributed by atoms with van der Waals surface area (Å²) >= 11 is 0. The lowest BCUT2D eigenvalue weighted by Crippen LogP contribution is -2.27. The summed E-state index contributed by atoms with van der Waals surface area (Å²) in [4.78, 5) is 13.4. The standard InChI is InChI=1S/C27H49NO4/c1-4-5-6-7-8-9-10-11-12-13-14-15-16-17-18-19-22-30-27-21-20-25(32-27)24-31-26(29)23-28(2)3/h8-9,11-12,25,27H,4-7,10,13-24H2,1-3H3/b9-8-,12-11-. The Kier molecular flexibility index (Phi) is 18.4. The number of hydrogen-bond donors (Lipinski definition) is 0. The third kappa shape index (κ3) is 17.4. The van der Waals surface area contributed by atoms with E-state index < -0.39 is 0 Å². The van der Waals surface area contributed by atoms with Gasteiger partial charge in [-0.1, -0.05) is 69.8 Å². The van der Waals surface area contributed by atoms with Crippen molar-refractivity contribution in [3.8, 4) is 0 Å². The Hall–Kier alpha value is -1.17. The van der Waals surface area contributed by atoms with Crippen LogP contribution in [0.4, 0.5) is 0 Å². The van der Waals surface area contributed by atoms with Crippen molar-refractivity contribution in [3.05, 3.63) is 24.3 Å². The van der Waals surface area contributed by atoms with Crippen LogP contribution < -0.4 is 0 Å². The minimum atomic E-state index is -0.204. The number of allylic oxidation sites excluding steroid dienone is 4. The first-order valence-electron chi connectivity index (χ1n) is 13.0. The second-order valence-electron chi connectivity index (χ2n) is 9.14. The molecule has 1 fully saturated rings. The molecule has 1 aliphatic rings. The fourth-order valence-corrected chi connectivity index (χ4v) is 3.71. The van der Waals surface area contributed by atoms with Crippen LogP contribution in [0.1, 0.15) is 96.8 Å². The first-order chi connectivity index (χ1) is 15.6. The van der Waals surface area contributed by atoms with Crippen molar-refractivity contribution < 1.29 is 19.0 Å². The van der Waals surface area contributed by atoms with Crippen molar-refractivity contribution in [2.75, 3.05) is 33.9 Å². The van der Waals surface area contributed by atoms with Gasteiger partial charge in [0.15, 0.2) is 6.29 Å². The van der Waals surface area contributed by atoms with Gasteiger partial charge in [-0.2, -0.15) is 0 Å². The molecule has 5 nitrogen and oxygen atoms in total. The maximum atomic E-state index is 11.6. The molecule has 1 saturated heterocycles. The van der Waals surface area contributed by atoms with Gasteiger partial charge in [0.2, 0.25) is 0 Å². The van der Waals surface area contributed by atoms with Gasteiger partial charge in [-0.25, -0.2) is 0 Å². The van der Waals surface area contributed by atoms with E-state index in [-0.39, 0.29) is 18.4 Å². The van der Waals surface area contributed by atoms with E-state index in [1.54, 1.807) is 4.90 Å². The largest absolute Gasteiger partial charge is 0.462 e. The third-order valence-electron chi connectivity index (χ3n) is 5.59. The van der Waals surface area contributed by atoms with Crippen LogP contribution in [0, 0.1) is 0 Å². The van der Waals surface area contributed by atoms with Crippen LogP contribution in [0.25, 0.3) is 0 Å². The first-order valence-corrected chi connectivity index (χ1v) is 13.0. The highest BCUT2D eigenvalue weighted by molar-refractivity contribution is 5.71. The van der Waals surface area contributed by atoms with E-state index >= 15 is 0 Å². The number of carbonyl (C=O) groups excluding carboxylic acids is 1. The predicted octanol–water partition coefficient (Wildman–Crippen LogP) is 6.43. The number of esters is 1. The number of unbranched alkanes of at least 4 members (excludes halogenated alkanes) is 9. The van der Waals surface area contributed by atoms with Gasteiger partial charge >= 0.3 is 5.97 Å². The van der Waals surface area contributed by atoms with Gasteiger partial charge < -0.3 is 14.2 Å². The smallest absolute Gasteiger partial charge is 0.320 e. The van der Waals surface area contributed by atoms with E-state index in [9.17, 15) is 4.79 Å². The van der Waals surface area contributed by atoms with E-state index in [1.807, 2.05) is 14.1 Å². The molecule has 5 heteroatoms. The van der Waals surface area contributed by atoms with Gasteiger partial charge in [0.25, 0.3) is 0 Å². The number of rotatable bonds is 20. The molecule has 0 N–H and O–H groups in total. The summed E-state index contributed by atoms with van der Waals surface area (Å²) in [5.41, 5.74) is 0. The lowest BCUT2D eigenvalue weighted by molar-refractivity contribution is -0.161. The summed E-state index contributed by atoms with van der Waals surface area (Å²) in [6, 6.07) is 0. The fourth-order valence-electron chi connectivity index (χ4n) is 3.71. The summed E-state index contributed by atoms with van der Waals surface area (Å²) in [6.07, 6.45) is 25.9. The lowest BCUT2D eigenvalue weighted by Gasteiger charge is -2.15. The molecule has 0 radical (unpaired) electrons. The summed E-state index contributed by atoms with van der Waals surface area (Å²) in [6.45, 7) is 3.64. The average Bonchev–Trinajstić information content (AvgIpc) is 3.22. The van der Waals surface area contributed by atoms with Crippen LogP contribution in [0.15, 0.2) is 24.3 Å². The summed E-state index contributed by atoms with van der Waals surface area (Å²) < 4.78 is 16.9. The van der Waals surface area contributed by atoms with Gasteiger partial charge in [0.1, 0.15) is 6.61 Å². The normalized spacial score (nSPS) is 19.0. The van der Waals surface area contributed by atoms with Crippen molar-refractivity contribution >= 4 is 5.97 Å². The van der Waals surface area contributed by atoms with E-state index in [0.29, 0.717) is 13.2 Å². The Bertz CT molecular complexity index is 504. The zero-order chi connectivity index (χ0) is 23.3. The second-order valence-corrected chi connectivity index (χ2v) is 9.14. The van der Waals surface area contributed by atoms with E-state index in [1.165, 1.54) is 64.2 Å². The van der Waals surface area contributed by atoms with E-state index in [2.05, 4.69) is 31.2 Å². The van der Waals surface area contributed by atoms with Gasteiger partial charge in [0.05, 0.1) is 12.6 Å². The summed E-state index contributed by atoms with van der Waals surface area (Å²) in [5.74, 6) is -0.204. The van der Waals surface area contributed by atoms with Crippen molar-refractivity contribution in [1.82, 2.24) is 4.90 Å². The van der Waals surface area contributed by atoms with Crippen LogP contribution in [-0.4, -0.2) is 57.1 Å². The van der Waals surface area contributed by atoms with Crippen molar-refractivity contribution in [3.63, 3.8) is 0 Å². The molecule has 0 aromatic rings. The Labute approximate surface area is 197 Å². The molecule has 2 atom stereocenters. The zero-order valence-electron chi connectivity index (χ0n) is 21.1. The molecule has 2 unspecified atom stereocenters. The lowest BCUT2D eigenvalue weighted by atomic mass is 10.1. The molecule has 0 saturated carbocycles. The van der Waals surface area contributed by atoms with Gasteiger partial charge in [-0.05, 0) is 59.0 Å². The Morgan fingerprint density at radius 3 is 2.25 bits per heavy atom. The minimum absolute atomic E-state index is 0.0259. The fraction of sp³-hybridized carbons (Fsp3) is 0.815. The minimum Gasteiger partial charge on any atom is -0.462 e. The molecule has 0 amide bonds. The molecule has 1 rings (SSSR count). The monoisotopic (exact) mass is 451 g/mol. The first kappa shape index (κ1) is 28.9. The van der Waals surface area contributed by atoms with Crippen LogP contribution in [0.3, 0.4) is 0 Å². The maximum Gasteiger partial charge on any atom is 0.320 e. The maximum absolute atomic E-state index is 11.6. The number of nitrogens with zero attached hydrogens (tertiary/aromatic N) is 1. The molecule has 0 aromatic carbocycles. The highest BCUT2D eigenvalue weighted by Crippen LogP contribution is 2.21. The van der Waals surface area contributed by atoms with E-state index in [0.717, 1.165) is 32.3 Å². The van der Waals surface area contributed by atoms with Crippen LogP contribution >= 0.6 is 0 Å². The summed E-state index contributed by atoms with van der Waals surface area (Å²) in [7, 11) is 3.70. The number of hydrogen-bond acceptors (Lipinski definition) is 5. The Balaban J connectivity index is 1.84. The van der Waals surface area contributed by atoms with Crippen molar-refractivity contribution in [2.24, 2.45) is 0 Å². The highest BCUT2D eigenvalue weighted by atomic mass is 16.7. The molecular weight excluding hydrogens is 402 g/mol. The topological polar surface area (TPSA) is 48.0 Å². The highest BCUT2D eigenvalue weighted by Gasteiger charge is 2.26. The zero-order valence-corrected chi connectivity index (χ0v) is 21.1. The van der Waals surface area contributed by atoms with Crippen molar-refractivity contribution in [2.45, 2.75) is 109 Å². The molecule has 1 aliphatic heterocycles. The molecule has 1 heterocycles. The van der Waals surface area contributed by atoms with Crippen molar-refractivity contribution in [1.29, 1.82) is 0 Å². The van der Waals surface area contributed by atoms with Crippen LogP contribution in [0.5, 0.6) is 0 Å². The number of likely N-dealkylation sites (N-methyl/N-ethyl adjacent to an activating group) is 1. The second kappa shape index (κ2) is 20.4. The Morgan fingerprint density at radius 2 is 1.56 bits per heavy atom. The van der Waals surface area contributed by atoms with Crippen LogP contribution in [-0.2, 0) is 19.0 Å². The molecule has 0 spiro atoms.